The van der Waals surface area contributed by atoms with Gasteiger partial charge in [-0.2, -0.15) is 0 Å². The Morgan fingerprint density at radius 1 is 1.50 bits per heavy atom. The first kappa shape index (κ1) is 5.04. The summed E-state index contributed by atoms with van der Waals surface area (Å²) < 4.78 is 0. The monoisotopic (exact) mass is 184 g/mol. The first-order valence-electron chi connectivity index (χ1n) is 1.06. The third-order valence-electron chi connectivity index (χ3n) is 0. The molecule has 4 heavy (non-hydrogen) atoms. The third-order valence-corrected chi connectivity index (χ3v) is 0. The van der Waals surface area contributed by atoms with Crippen molar-refractivity contribution in [1.29, 1.82) is 0 Å². The first-order chi connectivity index (χ1) is 1.73. The van der Waals surface area contributed by atoms with Crippen LogP contribution < -0.4 is 0 Å². The van der Waals surface area contributed by atoms with E-state index in [1.165, 1.54) is 0 Å². The van der Waals surface area contributed by atoms with Crippen molar-refractivity contribution in [2.24, 2.45) is 0 Å². The predicted molar refractivity (Wildman–Crippen MR) is 26.4 cm³/mol. The normalized spacial score (nSPS) is 9.00. The maximum absolute atomic E-state index is 3.42. The Bertz CT molecular complexity index is 10.8. The van der Waals surface area contributed by atoms with E-state index in [1.807, 2.05) is 0 Å². The van der Waals surface area contributed by atoms with Crippen LogP contribution in [0.15, 0.2) is 0 Å². The Labute approximate surface area is 38.4 Å². The van der Waals surface area contributed by atoms with Gasteiger partial charge in [0.05, 0.1) is 0 Å². The van der Waals surface area contributed by atoms with Gasteiger partial charge in [0.2, 0.25) is 0 Å². The van der Waals surface area contributed by atoms with Crippen LogP contribution in [0.3, 0.4) is 0 Å². The summed E-state index contributed by atoms with van der Waals surface area (Å²) in [6, 6.07) is 0. The fourth-order valence-electron chi connectivity index (χ4n) is 0. The Morgan fingerprint density at radius 2 is 1.50 bits per heavy atom. The molecule has 0 nitrogen and oxygen atoms in total. The standard InChI is InChI=1S/C2H6AsBr/c1-3(2)4/h1-2H3. The summed E-state index contributed by atoms with van der Waals surface area (Å²) in [5.41, 5.74) is 4.46. The molecule has 0 aromatic rings. The third kappa shape index (κ3) is 11.7. The van der Waals surface area contributed by atoms with Gasteiger partial charge in [-0.15, -0.1) is 0 Å². The van der Waals surface area contributed by atoms with E-state index in [0.717, 1.165) is 0 Å². The van der Waals surface area contributed by atoms with Crippen LogP contribution in [-0.4, -0.2) is 12.8 Å². The zero-order chi connectivity index (χ0) is 3.58. The molecule has 0 aliphatic heterocycles. The van der Waals surface area contributed by atoms with Gasteiger partial charge in [0.25, 0.3) is 0 Å². The van der Waals surface area contributed by atoms with Gasteiger partial charge >= 0.3 is 38.1 Å². The van der Waals surface area contributed by atoms with Gasteiger partial charge in [-0.25, -0.2) is 0 Å². The molecular weight excluding hydrogens is 179 g/mol. The molecule has 2 heteroatoms. The second-order valence-electron chi connectivity index (χ2n) is 0.785. The van der Waals surface area contributed by atoms with Crippen molar-refractivity contribution in [2.75, 3.05) is 0 Å². The molecule has 26 valence electrons. The Balaban J connectivity index is 2.32. The summed E-state index contributed by atoms with van der Waals surface area (Å²) in [4.78, 5) is 0. The van der Waals surface area contributed by atoms with Gasteiger partial charge in [-0.3, -0.25) is 0 Å². The van der Waals surface area contributed by atoms with Crippen LogP contribution in [0, 0.1) is 0 Å². The summed E-state index contributed by atoms with van der Waals surface area (Å²) >= 11 is 3.04. The number of hydrogen-bond donors (Lipinski definition) is 0. The van der Waals surface area contributed by atoms with E-state index in [1.54, 1.807) is 0 Å². The summed E-state index contributed by atoms with van der Waals surface area (Å²) in [7, 11) is 0. The van der Waals surface area contributed by atoms with Gasteiger partial charge in [0, 0.05) is 0 Å². The van der Waals surface area contributed by atoms with Gasteiger partial charge in [-0.1, -0.05) is 0 Å². The number of rotatable bonds is 0. The molecule has 0 aromatic carbocycles. The van der Waals surface area contributed by atoms with E-state index >= 15 is 0 Å². The van der Waals surface area contributed by atoms with Crippen LogP contribution in [-0.2, 0) is 0 Å². The molecule has 0 radical (unpaired) electrons. The summed E-state index contributed by atoms with van der Waals surface area (Å²) in [5, 5.41) is 0. The fourth-order valence-corrected chi connectivity index (χ4v) is 0. The minimum atomic E-state index is -0.375. The summed E-state index contributed by atoms with van der Waals surface area (Å²) in [5.74, 6) is 0. The molecule has 0 unspecified atom stereocenters. The van der Waals surface area contributed by atoms with Crippen molar-refractivity contribution in [3.8, 4) is 0 Å². The predicted octanol–water partition coefficient (Wildman–Crippen LogP) is 1.63. The second kappa shape index (κ2) is 2.29. The zero-order valence-electron chi connectivity index (χ0n) is 2.83. The van der Waals surface area contributed by atoms with Gasteiger partial charge in [0.15, 0.2) is 0 Å². The molecule has 0 aliphatic carbocycles. The van der Waals surface area contributed by atoms with Gasteiger partial charge < -0.3 is 0 Å². The average Bonchev–Trinajstić information content (AvgIpc) is 0.811. The molecule has 0 bridgehead atoms. The SMILES string of the molecule is C[As](C)Br. The fraction of sp³-hybridized carbons (Fsp3) is 1.00. The molecule has 0 aliphatic rings. The van der Waals surface area contributed by atoms with Crippen molar-refractivity contribution in [1.82, 2.24) is 0 Å². The van der Waals surface area contributed by atoms with Crippen molar-refractivity contribution < 1.29 is 0 Å². The van der Waals surface area contributed by atoms with E-state index < -0.39 is 0 Å². The molecule has 0 heterocycles. The van der Waals surface area contributed by atoms with Crippen LogP contribution >= 0.6 is 13.9 Å². The molecule has 0 aromatic heterocycles. The van der Waals surface area contributed by atoms with Gasteiger partial charge in [0.1, 0.15) is 0 Å². The van der Waals surface area contributed by atoms with Crippen molar-refractivity contribution >= 4 is 26.7 Å². The van der Waals surface area contributed by atoms with E-state index in [0.29, 0.717) is 0 Å². The number of halogens is 1. The number of hydrogen-bond acceptors (Lipinski definition) is 0. The molecule has 0 amide bonds. The molecular formula is C2H6AsBr. The van der Waals surface area contributed by atoms with Crippen LogP contribution in [0.5, 0.6) is 0 Å². The molecule has 0 N–H and O–H groups in total. The van der Waals surface area contributed by atoms with Crippen LogP contribution in [0.25, 0.3) is 0 Å². The molecule has 0 spiro atoms. The zero-order valence-corrected chi connectivity index (χ0v) is 6.29. The van der Waals surface area contributed by atoms with Crippen LogP contribution in [0.1, 0.15) is 0 Å². The Kier molecular flexibility index (Phi) is 2.88. The average molecular weight is 185 g/mol. The van der Waals surface area contributed by atoms with Crippen molar-refractivity contribution in [3.05, 3.63) is 0 Å². The van der Waals surface area contributed by atoms with E-state index in [2.05, 4.69) is 25.4 Å². The quantitative estimate of drug-likeness (QED) is 0.503. The van der Waals surface area contributed by atoms with Crippen LogP contribution in [0.4, 0.5) is 0 Å². The second-order valence-corrected chi connectivity index (χ2v) is 11.5. The molecule has 0 rings (SSSR count). The van der Waals surface area contributed by atoms with E-state index in [-0.39, 0.29) is 12.8 Å². The summed E-state index contributed by atoms with van der Waals surface area (Å²) in [6.45, 7) is 0. The van der Waals surface area contributed by atoms with Crippen molar-refractivity contribution in [3.63, 3.8) is 0 Å². The topological polar surface area (TPSA) is 0 Å². The van der Waals surface area contributed by atoms with Crippen LogP contribution in [0.2, 0.25) is 11.4 Å². The maximum atomic E-state index is 3.42. The molecule has 0 fully saturated rings. The minimum absolute atomic E-state index is 0.375. The Hall–Kier alpha value is 1.04. The molecule has 0 saturated heterocycles. The first-order valence-corrected chi connectivity index (χ1v) is 9.21. The van der Waals surface area contributed by atoms with E-state index in [4.69, 9.17) is 0 Å². The Morgan fingerprint density at radius 3 is 1.50 bits per heavy atom. The van der Waals surface area contributed by atoms with Gasteiger partial charge in [-0.05, 0) is 0 Å². The van der Waals surface area contributed by atoms with Crippen molar-refractivity contribution in [2.45, 2.75) is 11.4 Å². The van der Waals surface area contributed by atoms with E-state index in [9.17, 15) is 0 Å². The molecule has 0 atom stereocenters. The summed E-state index contributed by atoms with van der Waals surface area (Å²) in [6.07, 6.45) is 0. The molecule has 0 saturated carbocycles.